The Hall–Kier alpha value is -3.08. The predicted octanol–water partition coefficient (Wildman–Crippen LogP) is 7.19. The van der Waals surface area contributed by atoms with Crippen molar-refractivity contribution in [2.45, 2.75) is 18.2 Å². The SMILES string of the molecule is O=C(CN1C=CN(C(Cl)C(OCc2ccc(Cl)cc2Cl)c2ccc(Cl)cc2)C1)c1ccc(F)cc1.O=[N+]([O-])O. The summed E-state index contributed by atoms with van der Waals surface area (Å²) in [6, 6.07) is 18.0. The summed E-state index contributed by atoms with van der Waals surface area (Å²) in [5.41, 5.74) is 1.48. The van der Waals surface area contributed by atoms with Crippen LogP contribution in [0, 0.1) is 15.9 Å². The zero-order valence-electron chi connectivity index (χ0n) is 20.1. The van der Waals surface area contributed by atoms with Crippen LogP contribution in [0.3, 0.4) is 0 Å². The molecule has 206 valence electrons. The highest BCUT2D eigenvalue weighted by atomic mass is 35.5. The van der Waals surface area contributed by atoms with Crippen LogP contribution in [0.15, 0.2) is 79.1 Å². The fraction of sp³-hybridized carbons (Fsp3) is 0.192. The number of nitrogens with zero attached hydrogens (tertiary/aromatic N) is 3. The summed E-state index contributed by atoms with van der Waals surface area (Å²) in [7, 11) is 0. The molecule has 1 heterocycles. The van der Waals surface area contributed by atoms with E-state index in [9.17, 15) is 9.18 Å². The van der Waals surface area contributed by atoms with Gasteiger partial charge in [-0.3, -0.25) is 4.79 Å². The molecule has 0 spiro atoms. The minimum absolute atomic E-state index is 0.120. The summed E-state index contributed by atoms with van der Waals surface area (Å²) < 4.78 is 19.4. The number of hydrogen-bond donors (Lipinski definition) is 1. The first-order valence-corrected chi connectivity index (χ1v) is 12.9. The third-order valence-corrected chi connectivity index (χ3v) is 6.84. The lowest BCUT2D eigenvalue weighted by atomic mass is 10.1. The number of Topliss-reactive ketones (excluding diaryl/α,β-unsaturated/α-hetero) is 1. The van der Waals surface area contributed by atoms with Gasteiger partial charge in [-0.2, -0.15) is 0 Å². The van der Waals surface area contributed by atoms with Crippen molar-refractivity contribution < 1.29 is 24.2 Å². The van der Waals surface area contributed by atoms with Gasteiger partial charge in [0.05, 0.1) is 19.8 Å². The Balaban J connectivity index is 0.000000983. The van der Waals surface area contributed by atoms with Gasteiger partial charge in [0.25, 0.3) is 5.09 Å². The second-order valence-corrected chi connectivity index (χ2v) is 9.99. The van der Waals surface area contributed by atoms with E-state index in [1.807, 2.05) is 34.2 Å². The highest BCUT2D eigenvalue weighted by Gasteiger charge is 2.30. The summed E-state index contributed by atoms with van der Waals surface area (Å²) in [6.45, 7) is 0.738. The van der Waals surface area contributed by atoms with Gasteiger partial charge in [-0.15, -0.1) is 10.1 Å². The molecule has 3 aromatic rings. The summed E-state index contributed by atoms with van der Waals surface area (Å²) in [5, 5.41) is 15.3. The molecule has 13 heteroatoms. The number of alkyl halides is 1. The molecule has 0 aromatic heterocycles. The quantitative estimate of drug-likeness (QED) is 0.0893. The lowest BCUT2D eigenvalue weighted by Gasteiger charge is -2.31. The van der Waals surface area contributed by atoms with Crippen molar-refractivity contribution in [3.05, 3.63) is 127 Å². The van der Waals surface area contributed by atoms with Crippen LogP contribution < -0.4 is 0 Å². The predicted molar refractivity (Wildman–Crippen MR) is 147 cm³/mol. The number of benzene rings is 3. The van der Waals surface area contributed by atoms with Gasteiger partial charge in [0.1, 0.15) is 17.4 Å². The van der Waals surface area contributed by atoms with Crippen LogP contribution in [0.25, 0.3) is 0 Å². The molecule has 2 atom stereocenters. The van der Waals surface area contributed by atoms with Gasteiger partial charge in [-0.05, 0) is 59.7 Å². The molecule has 1 N–H and O–H groups in total. The van der Waals surface area contributed by atoms with Crippen LogP contribution in [-0.2, 0) is 11.3 Å². The van der Waals surface area contributed by atoms with E-state index in [0.29, 0.717) is 27.3 Å². The van der Waals surface area contributed by atoms with Crippen molar-refractivity contribution >= 4 is 52.2 Å². The first-order chi connectivity index (χ1) is 18.5. The molecule has 1 aliphatic heterocycles. The van der Waals surface area contributed by atoms with Crippen molar-refractivity contribution in [2.75, 3.05) is 13.2 Å². The highest BCUT2D eigenvalue weighted by molar-refractivity contribution is 6.35. The topological polar surface area (TPSA) is 96.2 Å². The molecular formula is C26H22Cl4FN3O5. The smallest absolute Gasteiger partial charge is 0.291 e. The molecule has 0 bridgehead atoms. The summed E-state index contributed by atoms with van der Waals surface area (Å²) in [6.07, 6.45) is 3.08. The summed E-state index contributed by atoms with van der Waals surface area (Å²) in [5.74, 6) is -0.502. The van der Waals surface area contributed by atoms with Gasteiger partial charge in [0.2, 0.25) is 0 Å². The normalized spacial score (nSPS) is 14.0. The van der Waals surface area contributed by atoms with Crippen molar-refractivity contribution in [1.82, 2.24) is 9.80 Å². The maximum Gasteiger partial charge on any atom is 0.291 e. The third kappa shape index (κ3) is 9.26. The maximum atomic E-state index is 13.2. The zero-order chi connectivity index (χ0) is 28.5. The third-order valence-electron chi connectivity index (χ3n) is 5.53. The summed E-state index contributed by atoms with van der Waals surface area (Å²) >= 11 is 25.3. The van der Waals surface area contributed by atoms with Crippen LogP contribution in [0.5, 0.6) is 0 Å². The van der Waals surface area contributed by atoms with E-state index in [1.54, 1.807) is 30.5 Å². The van der Waals surface area contributed by atoms with Crippen LogP contribution in [0.4, 0.5) is 4.39 Å². The van der Waals surface area contributed by atoms with Crippen LogP contribution >= 0.6 is 46.4 Å². The molecular weight excluding hydrogens is 595 g/mol. The first kappa shape index (κ1) is 30.5. The minimum atomic E-state index is -1.50. The Bertz CT molecular complexity index is 1310. The number of halogens is 5. The molecule has 0 saturated carbocycles. The lowest BCUT2D eigenvalue weighted by molar-refractivity contribution is -0.742. The van der Waals surface area contributed by atoms with Crippen molar-refractivity contribution in [2.24, 2.45) is 0 Å². The van der Waals surface area contributed by atoms with E-state index >= 15 is 0 Å². The van der Waals surface area contributed by atoms with E-state index in [2.05, 4.69) is 0 Å². The Kier molecular flexibility index (Phi) is 11.2. The molecule has 1 aliphatic rings. The number of ketones is 1. The average Bonchev–Trinajstić information content (AvgIpc) is 3.34. The number of rotatable bonds is 9. The fourth-order valence-electron chi connectivity index (χ4n) is 3.64. The van der Waals surface area contributed by atoms with Crippen LogP contribution in [-0.4, -0.2) is 44.6 Å². The Morgan fingerprint density at radius 2 is 1.64 bits per heavy atom. The van der Waals surface area contributed by atoms with Gasteiger partial charge in [0, 0.05) is 33.0 Å². The Morgan fingerprint density at radius 1 is 1.03 bits per heavy atom. The van der Waals surface area contributed by atoms with E-state index in [-0.39, 0.29) is 24.8 Å². The van der Waals surface area contributed by atoms with Gasteiger partial charge >= 0.3 is 0 Å². The molecule has 0 saturated heterocycles. The van der Waals surface area contributed by atoms with Crippen LogP contribution in [0.1, 0.15) is 27.6 Å². The van der Waals surface area contributed by atoms with Gasteiger partial charge in [-0.1, -0.05) is 64.6 Å². The van der Waals surface area contributed by atoms with Gasteiger partial charge in [-0.25, -0.2) is 4.39 Å². The molecule has 8 nitrogen and oxygen atoms in total. The molecule has 2 unspecified atom stereocenters. The number of carbonyl (C=O) groups excluding carboxylic acids is 1. The highest BCUT2D eigenvalue weighted by Crippen LogP contribution is 2.33. The molecule has 4 rings (SSSR count). The van der Waals surface area contributed by atoms with E-state index in [0.717, 1.165) is 11.1 Å². The van der Waals surface area contributed by atoms with Gasteiger partial charge in [0.15, 0.2) is 5.78 Å². The Labute approximate surface area is 243 Å². The molecule has 0 fully saturated rings. The molecule has 0 amide bonds. The first-order valence-electron chi connectivity index (χ1n) is 11.3. The minimum Gasteiger partial charge on any atom is -0.365 e. The monoisotopic (exact) mass is 615 g/mol. The second kappa shape index (κ2) is 14.3. The standard InChI is InChI=1S/C26H21Cl4FN2O2.HNO3/c27-20-6-1-18(2-7-20)25(35-15-19-3-8-21(28)13-23(19)29)26(30)33-12-11-32(16-33)14-24(34)17-4-9-22(31)10-5-17;2-1(3)4/h1-13,25-26H,14-16H2;(H,2,3,4). The molecule has 39 heavy (non-hydrogen) atoms. The average molecular weight is 617 g/mol. The summed E-state index contributed by atoms with van der Waals surface area (Å²) in [4.78, 5) is 24.7. The zero-order valence-corrected chi connectivity index (χ0v) is 23.1. The second-order valence-electron chi connectivity index (χ2n) is 8.26. The number of ether oxygens (including phenoxy) is 1. The van der Waals surface area contributed by atoms with E-state index in [1.165, 1.54) is 24.3 Å². The molecule has 3 aromatic carbocycles. The van der Waals surface area contributed by atoms with Crippen molar-refractivity contribution in [1.29, 1.82) is 0 Å². The van der Waals surface area contributed by atoms with Crippen LogP contribution in [0.2, 0.25) is 15.1 Å². The maximum absolute atomic E-state index is 13.2. The number of hydrogen-bond acceptors (Lipinski definition) is 6. The largest absolute Gasteiger partial charge is 0.365 e. The lowest BCUT2D eigenvalue weighted by Crippen LogP contribution is -2.37. The van der Waals surface area contributed by atoms with Crippen molar-refractivity contribution in [3.63, 3.8) is 0 Å². The number of carbonyl (C=O) groups is 1. The fourth-order valence-corrected chi connectivity index (χ4v) is 4.57. The van der Waals surface area contributed by atoms with Crippen molar-refractivity contribution in [3.8, 4) is 0 Å². The van der Waals surface area contributed by atoms with E-state index in [4.69, 9.17) is 66.5 Å². The van der Waals surface area contributed by atoms with E-state index < -0.39 is 16.7 Å². The Morgan fingerprint density at radius 3 is 2.26 bits per heavy atom. The molecule has 0 aliphatic carbocycles. The van der Waals surface area contributed by atoms with Gasteiger partial charge < -0.3 is 19.7 Å². The molecule has 0 radical (unpaired) electrons.